The van der Waals surface area contributed by atoms with Crippen LogP contribution in [0.5, 0.6) is 11.5 Å². The maximum atomic E-state index is 13.1. The maximum absolute atomic E-state index is 13.1. The molecule has 0 fully saturated rings. The third kappa shape index (κ3) is 4.06. The van der Waals surface area contributed by atoms with Crippen molar-refractivity contribution in [2.45, 2.75) is 6.42 Å². The third-order valence-corrected chi connectivity index (χ3v) is 3.76. The molecule has 4 nitrogen and oxygen atoms in total. The molecule has 0 saturated carbocycles. The number of rotatable bonds is 5. The van der Waals surface area contributed by atoms with Crippen molar-refractivity contribution in [2.75, 3.05) is 13.3 Å². The zero-order valence-corrected chi connectivity index (χ0v) is 13.5. The van der Waals surface area contributed by atoms with Gasteiger partial charge in [-0.15, -0.1) is 0 Å². The molecule has 0 aliphatic carbocycles. The summed E-state index contributed by atoms with van der Waals surface area (Å²) in [5, 5.41) is 3.19. The quantitative estimate of drug-likeness (QED) is 0.841. The lowest BCUT2D eigenvalue weighted by Crippen LogP contribution is -2.23. The molecule has 0 radical (unpaired) electrons. The summed E-state index contributed by atoms with van der Waals surface area (Å²) in [6.07, 6.45) is 3.62. The third-order valence-electron chi connectivity index (χ3n) is 3.48. The number of hydrogen-bond donors (Lipinski definition) is 1. The number of nitrogens with one attached hydrogen (secondary N) is 1. The summed E-state index contributed by atoms with van der Waals surface area (Å²) in [4.78, 5) is 11.8. The summed E-state index contributed by atoms with van der Waals surface area (Å²) in [6.45, 7) is 0.567. The molecule has 2 aromatic carbocycles. The topological polar surface area (TPSA) is 47.6 Å². The minimum atomic E-state index is -0.279. The van der Waals surface area contributed by atoms with E-state index in [1.54, 1.807) is 24.3 Å². The number of hydrogen-bond acceptors (Lipinski definition) is 3. The van der Waals surface area contributed by atoms with Crippen LogP contribution < -0.4 is 14.8 Å². The van der Waals surface area contributed by atoms with Crippen LogP contribution in [0.3, 0.4) is 0 Å². The fraction of sp³-hybridized carbons (Fsp3) is 0.167. The van der Waals surface area contributed by atoms with Gasteiger partial charge in [0.15, 0.2) is 11.5 Å². The molecule has 1 aliphatic rings. The van der Waals surface area contributed by atoms with Gasteiger partial charge in [-0.25, -0.2) is 4.39 Å². The maximum Gasteiger partial charge on any atom is 0.244 e. The lowest BCUT2D eigenvalue weighted by Gasteiger charge is -2.03. The summed E-state index contributed by atoms with van der Waals surface area (Å²) < 4.78 is 23.6. The molecule has 6 heteroatoms. The first-order chi connectivity index (χ1) is 11.6. The van der Waals surface area contributed by atoms with Crippen molar-refractivity contribution >= 4 is 23.6 Å². The average molecular weight is 348 g/mol. The van der Waals surface area contributed by atoms with E-state index in [1.807, 2.05) is 6.07 Å². The summed E-state index contributed by atoms with van der Waals surface area (Å²) in [6, 6.07) is 9.77. The van der Waals surface area contributed by atoms with Gasteiger partial charge in [0.05, 0.1) is 5.02 Å². The van der Waals surface area contributed by atoms with Crippen molar-refractivity contribution in [1.82, 2.24) is 5.32 Å². The first-order valence-corrected chi connectivity index (χ1v) is 7.79. The smallest absolute Gasteiger partial charge is 0.244 e. The van der Waals surface area contributed by atoms with E-state index in [1.165, 1.54) is 18.2 Å². The molecule has 24 heavy (non-hydrogen) atoms. The van der Waals surface area contributed by atoms with Crippen LogP contribution in [0.25, 0.3) is 6.08 Å². The highest BCUT2D eigenvalue weighted by atomic mass is 35.5. The Hall–Kier alpha value is -2.53. The Labute approximate surface area is 143 Å². The lowest BCUT2D eigenvalue weighted by atomic mass is 10.1. The standard InChI is InChI=1S/C18H15ClFNO3/c19-15-9-13(10-16-18(15)24-11-23-16)4-5-17(22)21-7-6-12-2-1-3-14(20)8-12/h1-5,8-10H,6-7,11H2,(H,21,22)/b5-4+. The van der Waals surface area contributed by atoms with Crippen molar-refractivity contribution in [3.63, 3.8) is 0 Å². The highest BCUT2D eigenvalue weighted by molar-refractivity contribution is 6.32. The molecule has 2 aromatic rings. The highest BCUT2D eigenvalue weighted by Gasteiger charge is 2.17. The van der Waals surface area contributed by atoms with E-state index in [-0.39, 0.29) is 18.5 Å². The van der Waals surface area contributed by atoms with Gasteiger partial charge < -0.3 is 14.8 Å². The van der Waals surface area contributed by atoms with Gasteiger partial charge in [0, 0.05) is 12.6 Å². The van der Waals surface area contributed by atoms with Crippen LogP contribution in [0.4, 0.5) is 4.39 Å². The number of carbonyl (C=O) groups excluding carboxylic acids is 1. The van der Waals surface area contributed by atoms with Crippen molar-refractivity contribution in [3.05, 3.63) is 64.4 Å². The van der Waals surface area contributed by atoms with Gasteiger partial charge in [-0.1, -0.05) is 23.7 Å². The molecule has 1 N–H and O–H groups in total. The van der Waals surface area contributed by atoms with Gasteiger partial charge in [0.1, 0.15) is 5.82 Å². The SMILES string of the molecule is O=C(/C=C/c1cc(Cl)c2c(c1)OCO2)NCCc1cccc(F)c1. The van der Waals surface area contributed by atoms with Crippen LogP contribution in [-0.4, -0.2) is 19.2 Å². The van der Waals surface area contributed by atoms with Gasteiger partial charge in [-0.05, 0) is 47.9 Å². The molecule has 1 heterocycles. The fourth-order valence-electron chi connectivity index (χ4n) is 2.34. The zero-order valence-electron chi connectivity index (χ0n) is 12.7. The van der Waals surface area contributed by atoms with E-state index in [0.717, 1.165) is 11.1 Å². The monoisotopic (exact) mass is 347 g/mol. The molecule has 124 valence electrons. The number of benzene rings is 2. The van der Waals surface area contributed by atoms with Crippen molar-refractivity contribution < 1.29 is 18.7 Å². The molecule has 3 rings (SSSR count). The predicted molar refractivity (Wildman–Crippen MR) is 89.7 cm³/mol. The molecular weight excluding hydrogens is 333 g/mol. The van der Waals surface area contributed by atoms with Crippen LogP contribution in [-0.2, 0) is 11.2 Å². The summed E-state index contributed by atoms with van der Waals surface area (Å²) in [5.41, 5.74) is 1.58. The second kappa shape index (κ2) is 7.36. The van der Waals surface area contributed by atoms with Crippen LogP contribution in [0, 0.1) is 5.82 Å². The van der Waals surface area contributed by atoms with Crippen molar-refractivity contribution in [2.24, 2.45) is 0 Å². The lowest BCUT2D eigenvalue weighted by molar-refractivity contribution is -0.116. The number of carbonyl (C=O) groups is 1. The Morgan fingerprint density at radius 2 is 2.17 bits per heavy atom. The first-order valence-electron chi connectivity index (χ1n) is 7.41. The normalized spacial score (nSPS) is 12.6. The molecule has 1 aliphatic heterocycles. The van der Waals surface area contributed by atoms with Gasteiger partial charge in [-0.2, -0.15) is 0 Å². The molecule has 0 aromatic heterocycles. The molecule has 0 saturated heterocycles. The van der Waals surface area contributed by atoms with Gasteiger partial charge in [-0.3, -0.25) is 4.79 Å². The summed E-state index contributed by atoms with van der Waals surface area (Å²) in [5.74, 6) is 0.570. The minimum Gasteiger partial charge on any atom is -0.454 e. The number of fused-ring (bicyclic) bond motifs is 1. The predicted octanol–water partition coefficient (Wildman–Crippen LogP) is 3.58. The van der Waals surface area contributed by atoms with Gasteiger partial charge in [0.2, 0.25) is 12.7 Å². The van der Waals surface area contributed by atoms with E-state index >= 15 is 0 Å². The Bertz CT molecular complexity index is 792. The van der Waals surface area contributed by atoms with E-state index in [2.05, 4.69) is 5.32 Å². The van der Waals surface area contributed by atoms with Crippen molar-refractivity contribution in [1.29, 1.82) is 0 Å². The highest BCUT2D eigenvalue weighted by Crippen LogP contribution is 2.39. The zero-order chi connectivity index (χ0) is 16.9. The Morgan fingerprint density at radius 3 is 3.00 bits per heavy atom. The van der Waals surface area contributed by atoms with Gasteiger partial charge >= 0.3 is 0 Å². The van der Waals surface area contributed by atoms with Crippen LogP contribution in [0.2, 0.25) is 5.02 Å². The minimum absolute atomic E-state index is 0.142. The molecule has 0 atom stereocenters. The Kier molecular flexibility index (Phi) is 5.01. The second-order valence-electron chi connectivity index (χ2n) is 5.24. The first kappa shape index (κ1) is 16.3. The van der Waals surface area contributed by atoms with Gasteiger partial charge in [0.25, 0.3) is 0 Å². The Balaban J connectivity index is 1.53. The van der Waals surface area contributed by atoms with Crippen molar-refractivity contribution in [3.8, 4) is 11.5 Å². The number of amides is 1. The molecule has 0 spiro atoms. The van der Waals surface area contributed by atoms with Crippen LogP contribution in [0.15, 0.2) is 42.5 Å². The van der Waals surface area contributed by atoms with E-state index < -0.39 is 0 Å². The van der Waals surface area contributed by atoms with E-state index in [9.17, 15) is 9.18 Å². The summed E-state index contributed by atoms with van der Waals surface area (Å²) in [7, 11) is 0. The number of ether oxygens (including phenoxy) is 2. The van der Waals surface area contributed by atoms with E-state index in [4.69, 9.17) is 21.1 Å². The molecule has 0 bridgehead atoms. The average Bonchev–Trinajstić information content (AvgIpc) is 3.02. The van der Waals surface area contributed by atoms with Crippen LogP contribution in [0.1, 0.15) is 11.1 Å². The fourth-order valence-corrected chi connectivity index (χ4v) is 2.61. The molecular formula is C18H15ClFNO3. The van der Waals surface area contributed by atoms with E-state index in [0.29, 0.717) is 29.5 Å². The largest absolute Gasteiger partial charge is 0.454 e. The molecule has 1 amide bonds. The molecule has 0 unspecified atom stereocenters. The summed E-state index contributed by atoms with van der Waals surface area (Å²) >= 11 is 6.08. The Morgan fingerprint density at radius 1 is 1.29 bits per heavy atom. The number of halogens is 2. The second-order valence-corrected chi connectivity index (χ2v) is 5.65. The van der Waals surface area contributed by atoms with Crippen LogP contribution >= 0.6 is 11.6 Å².